The van der Waals surface area contributed by atoms with E-state index in [0.29, 0.717) is 26.0 Å². The van der Waals surface area contributed by atoms with E-state index in [1.807, 2.05) is 0 Å². The number of hydrogen-bond acceptors (Lipinski definition) is 3. The maximum absolute atomic E-state index is 12.1. The van der Waals surface area contributed by atoms with E-state index < -0.39 is 0 Å². The standard InChI is InChI=1S/C14H8BrClN2O2/c15-12-8(16)5-6-10(19)11(12)13-17-9-4-2-1-3-7(9)14(20)18-13/h1-6,19H,(H,17,18,20). The molecule has 0 saturated heterocycles. The molecule has 0 spiro atoms. The number of phenols is 1. The van der Waals surface area contributed by atoms with Gasteiger partial charge in [-0.3, -0.25) is 4.79 Å². The summed E-state index contributed by atoms with van der Waals surface area (Å²) in [6.07, 6.45) is 0. The third kappa shape index (κ3) is 2.09. The molecule has 0 radical (unpaired) electrons. The molecule has 2 aromatic carbocycles. The molecule has 0 aliphatic carbocycles. The average Bonchev–Trinajstić information content (AvgIpc) is 2.44. The summed E-state index contributed by atoms with van der Waals surface area (Å²) in [5.41, 5.74) is 0.648. The van der Waals surface area contributed by atoms with Crippen molar-refractivity contribution in [3.05, 3.63) is 56.2 Å². The molecule has 1 aromatic heterocycles. The van der Waals surface area contributed by atoms with Gasteiger partial charge in [0.1, 0.15) is 11.6 Å². The van der Waals surface area contributed by atoms with Gasteiger partial charge in [0.2, 0.25) is 0 Å². The lowest BCUT2D eigenvalue weighted by molar-refractivity contribution is 0.476. The van der Waals surface area contributed by atoms with Crippen LogP contribution in [0.5, 0.6) is 5.75 Å². The number of phenolic OH excluding ortho intramolecular Hbond substituents is 1. The number of hydrogen-bond donors (Lipinski definition) is 2. The Morgan fingerprint density at radius 2 is 1.95 bits per heavy atom. The quantitative estimate of drug-likeness (QED) is 0.702. The van der Waals surface area contributed by atoms with E-state index in [2.05, 4.69) is 25.9 Å². The van der Waals surface area contributed by atoms with Gasteiger partial charge in [-0.2, -0.15) is 0 Å². The first kappa shape index (κ1) is 13.1. The van der Waals surface area contributed by atoms with Crippen molar-refractivity contribution < 1.29 is 5.11 Å². The van der Waals surface area contributed by atoms with Crippen molar-refractivity contribution >= 4 is 38.4 Å². The monoisotopic (exact) mass is 350 g/mol. The maximum atomic E-state index is 12.1. The van der Waals surface area contributed by atoms with Gasteiger partial charge >= 0.3 is 0 Å². The number of H-pyrrole nitrogens is 1. The summed E-state index contributed by atoms with van der Waals surface area (Å²) < 4.78 is 0.484. The number of para-hydroxylation sites is 1. The van der Waals surface area contributed by atoms with Gasteiger partial charge < -0.3 is 10.1 Å². The molecule has 4 nitrogen and oxygen atoms in total. The molecule has 2 N–H and O–H groups in total. The second kappa shape index (κ2) is 4.92. The molecule has 0 atom stereocenters. The van der Waals surface area contributed by atoms with Crippen molar-refractivity contribution in [3.63, 3.8) is 0 Å². The van der Waals surface area contributed by atoms with Crippen LogP contribution in [0.25, 0.3) is 22.3 Å². The fourth-order valence-electron chi connectivity index (χ4n) is 1.97. The summed E-state index contributed by atoms with van der Waals surface area (Å²) in [7, 11) is 0. The Balaban J connectivity index is 2.36. The highest BCUT2D eigenvalue weighted by atomic mass is 79.9. The Morgan fingerprint density at radius 3 is 2.75 bits per heavy atom. The van der Waals surface area contributed by atoms with Crippen LogP contribution in [0, 0.1) is 0 Å². The van der Waals surface area contributed by atoms with E-state index in [0.717, 1.165) is 0 Å². The SMILES string of the molecule is O=c1[nH]c(-c2c(O)ccc(Cl)c2Br)nc2ccccc12. The Hall–Kier alpha value is -1.85. The lowest BCUT2D eigenvalue weighted by Gasteiger charge is -2.08. The number of aromatic amines is 1. The van der Waals surface area contributed by atoms with Gasteiger partial charge in [0.05, 0.1) is 26.0 Å². The second-order valence-corrected chi connectivity index (χ2v) is 5.39. The zero-order valence-electron chi connectivity index (χ0n) is 10.0. The van der Waals surface area contributed by atoms with Crippen molar-refractivity contribution in [2.45, 2.75) is 0 Å². The van der Waals surface area contributed by atoms with Gasteiger partial charge in [-0.1, -0.05) is 23.7 Å². The highest BCUT2D eigenvalue weighted by Gasteiger charge is 2.15. The molecular formula is C14H8BrClN2O2. The Kier molecular flexibility index (Phi) is 3.23. The molecule has 20 heavy (non-hydrogen) atoms. The highest BCUT2D eigenvalue weighted by Crippen LogP contribution is 2.38. The van der Waals surface area contributed by atoms with Crippen LogP contribution in [-0.4, -0.2) is 15.1 Å². The minimum absolute atomic E-state index is 0.0142. The zero-order valence-corrected chi connectivity index (χ0v) is 12.4. The Morgan fingerprint density at radius 1 is 1.20 bits per heavy atom. The van der Waals surface area contributed by atoms with E-state index in [-0.39, 0.29) is 17.1 Å². The lowest BCUT2D eigenvalue weighted by Crippen LogP contribution is -2.09. The van der Waals surface area contributed by atoms with Crippen LogP contribution in [0.2, 0.25) is 5.02 Å². The third-order valence-corrected chi connectivity index (χ3v) is 4.29. The Bertz CT molecular complexity index is 877. The topological polar surface area (TPSA) is 66.0 Å². The minimum Gasteiger partial charge on any atom is -0.507 e. The second-order valence-electron chi connectivity index (χ2n) is 4.19. The average molecular weight is 352 g/mol. The number of benzene rings is 2. The van der Waals surface area contributed by atoms with Crippen LogP contribution in [0.4, 0.5) is 0 Å². The van der Waals surface area contributed by atoms with E-state index >= 15 is 0 Å². The number of rotatable bonds is 1. The third-order valence-electron chi connectivity index (χ3n) is 2.92. The van der Waals surface area contributed by atoms with Gasteiger partial charge in [0.15, 0.2) is 0 Å². The van der Waals surface area contributed by atoms with Crippen LogP contribution in [0.1, 0.15) is 0 Å². The van der Waals surface area contributed by atoms with E-state index in [1.54, 1.807) is 30.3 Å². The molecule has 3 aromatic rings. The molecule has 0 fully saturated rings. The molecule has 1 heterocycles. The molecule has 100 valence electrons. The summed E-state index contributed by atoms with van der Waals surface area (Å²) >= 11 is 9.32. The van der Waals surface area contributed by atoms with Crippen LogP contribution in [0.3, 0.4) is 0 Å². The molecule has 0 unspecified atom stereocenters. The Labute approximate surface area is 127 Å². The molecule has 0 aliphatic rings. The van der Waals surface area contributed by atoms with Crippen LogP contribution < -0.4 is 5.56 Å². The summed E-state index contributed by atoms with van der Waals surface area (Å²) in [5.74, 6) is 0.250. The number of nitrogens with one attached hydrogen (secondary N) is 1. The van der Waals surface area contributed by atoms with Crippen LogP contribution in [0.15, 0.2) is 45.7 Å². The summed E-state index contributed by atoms with van der Waals surface area (Å²) in [4.78, 5) is 19.1. The minimum atomic E-state index is -0.267. The van der Waals surface area contributed by atoms with Crippen molar-refractivity contribution in [1.29, 1.82) is 0 Å². The van der Waals surface area contributed by atoms with Gasteiger partial charge in [-0.05, 0) is 40.2 Å². The zero-order chi connectivity index (χ0) is 14.3. The van der Waals surface area contributed by atoms with Gasteiger partial charge in [0.25, 0.3) is 5.56 Å². The molecular weight excluding hydrogens is 344 g/mol. The first-order chi connectivity index (χ1) is 9.58. The van der Waals surface area contributed by atoms with Crippen LogP contribution in [-0.2, 0) is 0 Å². The summed E-state index contributed by atoms with van der Waals surface area (Å²) in [6, 6.07) is 10.0. The van der Waals surface area contributed by atoms with Crippen molar-refractivity contribution in [2.75, 3.05) is 0 Å². The van der Waals surface area contributed by atoms with E-state index in [4.69, 9.17) is 11.6 Å². The number of aromatic nitrogens is 2. The maximum Gasteiger partial charge on any atom is 0.259 e. The number of aromatic hydroxyl groups is 1. The predicted octanol–water partition coefficient (Wildman–Crippen LogP) is 3.71. The largest absolute Gasteiger partial charge is 0.507 e. The number of fused-ring (bicyclic) bond motifs is 1. The highest BCUT2D eigenvalue weighted by molar-refractivity contribution is 9.10. The normalized spacial score (nSPS) is 10.9. The summed E-state index contributed by atoms with van der Waals surface area (Å²) in [5, 5.41) is 10.9. The molecule has 0 bridgehead atoms. The first-order valence-electron chi connectivity index (χ1n) is 5.74. The number of halogens is 2. The fourth-order valence-corrected chi connectivity index (χ4v) is 2.65. The predicted molar refractivity (Wildman–Crippen MR) is 82.2 cm³/mol. The van der Waals surface area contributed by atoms with Gasteiger partial charge in [-0.15, -0.1) is 0 Å². The number of nitrogens with zero attached hydrogens (tertiary/aromatic N) is 1. The molecule has 0 aliphatic heterocycles. The smallest absolute Gasteiger partial charge is 0.259 e. The first-order valence-corrected chi connectivity index (χ1v) is 6.91. The van der Waals surface area contributed by atoms with Crippen molar-refractivity contribution in [3.8, 4) is 17.1 Å². The van der Waals surface area contributed by atoms with Gasteiger partial charge in [0, 0.05) is 0 Å². The summed E-state index contributed by atoms with van der Waals surface area (Å²) in [6.45, 7) is 0. The molecule has 6 heteroatoms. The fraction of sp³-hybridized carbons (Fsp3) is 0. The molecule has 3 rings (SSSR count). The molecule has 0 amide bonds. The van der Waals surface area contributed by atoms with E-state index in [1.165, 1.54) is 6.07 Å². The molecule has 0 saturated carbocycles. The van der Waals surface area contributed by atoms with E-state index in [9.17, 15) is 9.90 Å². The van der Waals surface area contributed by atoms with Crippen molar-refractivity contribution in [1.82, 2.24) is 9.97 Å². The van der Waals surface area contributed by atoms with Gasteiger partial charge in [-0.25, -0.2) is 4.98 Å². The van der Waals surface area contributed by atoms with Crippen molar-refractivity contribution in [2.24, 2.45) is 0 Å². The lowest BCUT2D eigenvalue weighted by atomic mass is 10.1. The van der Waals surface area contributed by atoms with Crippen LogP contribution >= 0.6 is 27.5 Å².